The van der Waals surface area contributed by atoms with Crippen molar-refractivity contribution in [1.29, 1.82) is 0 Å². The molecule has 0 saturated carbocycles. The fourth-order valence-corrected chi connectivity index (χ4v) is 5.03. The van der Waals surface area contributed by atoms with Crippen molar-refractivity contribution >= 4 is 31.4 Å². The Balaban J connectivity index is 1.89. The van der Waals surface area contributed by atoms with Crippen LogP contribution in [0.4, 0.5) is 15.8 Å². The Labute approximate surface area is 174 Å². The standard InChI is InChI=1S/C20H19FN2O5S2/c1-14-3-6-17(23-29(24,25)19-11-4-15(21)5-12-19)13-20(14)30(26,27)22-16-7-9-18(28-2)10-8-16/h3-13,22-23H,1-2H3. The summed E-state index contributed by atoms with van der Waals surface area (Å²) in [6.07, 6.45) is 0. The Morgan fingerprint density at radius 1 is 0.767 bits per heavy atom. The first kappa shape index (κ1) is 21.6. The number of anilines is 2. The molecule has 0 unspecified atom stereocenters. The van der Waals surface area contributed by atoms with Gasteiger partial charge in [-0.1, -0.05) is 6.07 Å². The highest BCUT2D eigenvalue weighted by Crippen LogP contribution is 2.25. The Morgan fingerprint density at radius 3 is 1.93 bits per heavy atom. The molecular formula is C20H19FN2O5S2. The van der Waals surface area contributed by atoms with Gasteiger partial charge in [0.15, 0.2) is 0 Å². The monoisotopic (exact) mass is 450 g/mol. The van der Waals surface area contributed by atoms with Crippen molar-refractivity contribution in [2.75, 3.05) is 16.6 Å². The number of ether oxygens (including phenoxy) is 1. The van der Waals surface area contributed by atoms with E-state index < -0.39 is 25.9 Å². The van der Waals surface area contributed by atoms with Gasteiger partial charge in [0.2, 0.25) is 0 Å². The second kappa shape index (κ2) is 8.33. The minimum atomic E-state index is -4.02. The Kier molecular flexibility index (Phi) is 5.99. The lowest BCUT2D eigenvalue weighted by atomic mass is 10.2. The molecule has 0 aromatic heterocycles. The summed E-state index contributed by atoms with van der Waals surface area (Å²) in [7, 11) is -6.50. The van der Waals surface area contributed by atoms with Gasteiger partial charge >= 0.3 is 0 Å². The summed E-state index contributed by atoms with van der Waals surface area (Å²) in [4.78, 5) is -0.233. The largest absolute Gasteiger partial charge is 0.497 e. The van der Waals surface area contributed by atoms with Gasteiger partial charge in [-0.3, -0.25) is 9.44 Å². The lowest BCUT2D eigenvalue weighted by Crippen LogP contribution is -2.16. The van der Waals surface area contributed by atoms with Gasteiger partial charge in [0.25, 0.3) is 20.0 Å². The lowest BCUT2D eigenvalue weighted by molar-refractivity contribution is 0.415. The summed E-state index contributed by atoms with van der Waals surface area (Å²) < 4.78 is 73.5. The average Bonchev–Trinajstić information content (AvgIpc) is 2.70. The lowest BCUT2D eigenvalue weighted by Gasteiger charge is -2.14. The maximum atomic E-state index is 13.1. The molecular weight excluding hydrogens is 431 g/mol. The van der Waals surface area contributed by atoms with Crippen LogP contribution in [0.15, 0.2) is 76.5 Å². The summed E-state index contributed by atoms with van der Waals surface area (Å²) in [5, 5.41) is 0. The molecule has 0 aliphatic carbocycles. The van der Waals surface area contributed by atoms with Gasteiger partial charge in [-0.25, -0.2) is 21.2 Å². The molecule has 2 N–H and O–H groups in total. The van der Waals surface area contributed by atoms with Crippen LogP contribution in [0.1, 0.15) is 5.56 Å². The Bertz CT molecular complexity index is 1260. The molecule has 10 heteroatoms. The Hall–Kier alpha value is -3.11. The molecule has 7 nitrogen and oxygen atoms in total. The van der Waals surface area contributed by atoms with E-state index >= 15 is 0 Å². The molecule has 0 aliphatic rings. The van der Waals surface area contributed by atoms with E-state index in [1.807, 2.05) is 0 Å². The van der Waals surface area contributed by atoms with Crippen molar-refractivity contribution in [2.45, 2.75) is 16.7 Å². The average molecular weight is 451 g/mol. The third kappa shape index (κ3) is 4.89. The van der Waals surface area contributed by atoms with Crippen molar-refractivity contribution in [3.8, 4) is 5.75 Å². The van der Waals surface area contributed by atoms with Gasteiger partial charge in [0, 0.05) is 5.69 Å². The molecule has 0 saturated heterocycles. The fraction of sp³-hybridized carbons (Fsp3) is 0.100. The van der Waals surface area contributed by atoms with Crippen LogP contribution in [0.25, 0.3) is 0 Å². The van der Waals surface area contributed by atoms with Crippen molar-refractivity contribution < 1.29 is 26.0 Å². The number of sulfonamides is 2. The van der Waals surface area contributed by atoms with Crippen LogP contribution in [-0.2, 0) is 20.0 Å². The van der Waals surface area contributed by atoms with E-state index in [0.29, 0.717) is 17.0 Å². The first-order valence-electron chi connectivity index (χ1n) is 8.67. The molecule has 0 radical (unpaired) electrons. The van der Waals surface area contributed by atoms with Gasteiger partial charge in [-0.15, -0.1) is 0 Å². The van der Waals surface area contributed by atoms with Crippen LogP contribution >= 0.6 is 0 Å². The number of hydrogen-bond acceptors (Lipinski definition) is 5. The molecule has 0 spiro atoms. The molecule has 0 fully saturated rings. The molecule has 3 aromatic carbocycles. The summed E-state index contributed by atoms with van der Waals surface area (Å²) in [6, 6.07) is 14.8. The molecule has 158 valence electrons. The highest BCUT2D eigenvalue weighted by Gasteiger charge is 2.20. The highest BCUT2D eigenvalue weighted by atomic mass is 32.2. The smallest absolute Gasteiger partial charge is 0.262 e. The number of hydrogen-bond donors (Lipinski definition) is 2. The van der Waals surface area contributed by atoms with Gasteiger partial charge in [0.1, 0.15) is 11.6 Å². The van der Waals surface area contributed by atoms with E-state index in [1.165, 1.54) is 25.3 Å². The van der Waals surface area contributed by atoms with Crippen LogP contribution < -0.4 is 14.2 Å². The van der Waals surface area contributed by atoms with Crippen molar-refractivity contribution in [3.05, 3.63) is 78.1 Å². The summed E-state index contributed by atoms with van der Waals surface area (Å²) in [5.74, 6) is 0.00796. The van der Waals surface area contributed by atoms with Crippen LogP contribution in [-0.4, -0.2) is 23.9 Å². The molecule has 0 amide bonds. The molecule has 3 rings (SSSR count). The van der Waals surface area contributed by atoms with Crippen LogP contribution in [0.2, 0.25) is 0 Å². The number of nitrogens with one attached hydrogen (secondary N) is 2. The van der Waals surface area contributed by atoms with Crippen molar-refractivity contribution in [3.63, 3.8) is 0 Å². The summed E-state index contributed by atoms with van der Waals surface area (Å²) in [5.41, 5.74) is 0.813. The maximum Gasteiger partial charge on any atom is 0.262 e. The van der Waals surface area contributed by atoms with Gasteiger partial charge in [-0.05, 0) is 73.2 Å². The van der Waals surface area contributed by atoms with Crippen LogP contribution in [0, 0.1) is 12.7 Å². The molecule has 3 aromatic rings. The summed E-state index contributed by atoms with van der Waals surface area (Å²) in [6.45, 7) is 1.60. The number of methoxy groups -OCH3 is 1. The number of aryl methyl sites for hydroxylation is 1. The van der Waals surface area contributed by atoms with E-state index in [0.717, 1.165) is 24.3 Å². The predicted octanol–water partition coefficient (Wildman–Crippen LogP) is 3.74. The topological polar surface area (TPSA) is 102 Å². The first-order chi connectivity index (χ1) is 14.1. The maximum absolute atomic E-state index is 13.1. The molecule has 0 heterocycles. The molecule has 0 atom stereocenters. The van der Waals surface area contributed by atoms with E-state index in [9.17, 15) is 21.2 Å². The van der Waals surface area contributed by atoms with Crippen LogP contribution in [0.3, 0.4) is 0 Å². The second-order valence-electron chi connectivity index (χ2n) is 6.37. The minimum Gasteiger partial charge on any atom is -0.497 e. The predicted molar refractivity (Wildman–Crippen MR) is 112 cm³/mol. The highest BCUT2D eigenvalue weighted by molar-refractivity contribution is 7.93. The van der Waals surface area contributed by atoms with Crippen molar-refractivity contribution in [1.82, 2.24) is 0 Å². The minimum absolute atomic E-state index is 0.0556. The van der Waals surface area contributed by atoms with Crippen LogP contribution in [0.5, 0.6) is 5.75 Å². The molecule has 30 heavy (non-hydrogen) atoms. The van der Waals surface area contributed by atoms with Crippen molar-refractivity contribution in [2.24, 2.45) is 0 Å². The van der Waals surface area contributed by atoms with Gasteiger partial charge < -0.3 is 4.74 Å². The Morgan fingerprint density at radius 2 is 1.33 bits per heavy atom. The van der Waals surface area contributed by atoms with E-state index in [4.69, 9.17) is 4.74 Å². The number of rotatable bonds is 7. The third-order valence-corrected chi connectivity index (χ3v) is 7.12. The zero-order chi connectivity index (χ0) is 21.9. The molecule has 0 aliphatic heterocycles. The SMILES string of the molecule is COc1ccc(NS(=O)(=O)c2cc(NS(=O)(=O)c3ccc(F)cc3)ccc2C)cc1. The number of benzene rings is 3. The zero-order valence-electron chi connectivity index (χ0n) is 16.1. The van der Waals surface area contributed by atoms with Gasteiger partial charge in [-0.2, -0.15) is 0 Å². The van der Waals surface area contributed by atoms with E-state index in [-0.39, 0.29) is 15.5 Å². The van der Waals surface area contributed by atoms with E-state index in [1.54, 1.807) is 31.2 Å². The fourth-order valence-electron chi connectivity index (χ4n) is 2.65. The van der Waals surface area contributed by atoms with Gasteiger partial charge in [0.05, 0.1) is 22.6 Å². The normalized spacial score (nSPS) is 11.7. The first-order valence-corrected chi connectivity index (χ1v) is 11.6. The summed E-state index contributed by atoms with van der Waals surface area (Å²) >= 11 is 0. The number of halogens is 1. The van der Waals surface area contributed by atoms with E-state index in [2.05, 4.69) is 9.44 Å². The second-order valence-corrected chi connectivity index (χ2v) is 9.71. The third-order valence-electron chi connectivity index (χ3n) is 4.20. The quantitative estimate of drug-likeness (QED) is 0.571. The zero-order valence-corrected chi connectivity index (χ0v) is 17.7. The molecule has 0 bridgehead atoms.